The van der Waals surface area contributed by atoms with E-state index < -0.39 is 23.6 Å². The van der Waals surface area contributed by atoms with E-state index in [-0.39, 0.29) is 24.7 Å². The largest absolute Gasteiger partial charge is 0.454 e. The number of urea groups is 1. The van der Waals surface area contributed by atoms with Crippen molar-refractivity contribution in [2.45, 2.75) is 57.1 Å². The van der Waals surface area contributed by atoms with Gasteiger partial charge in [-0.3, -0.25) is 19.3 Å². The average Bonchev–Trinajstić information content (AvgIpc) is 3.42. The molecule has 1 spiro atoms. The van der Waals surface area contributed by atoms with Gasteiger partial charge < -0.3 is 15.0 Å². The minimum Gasteiger partial charge on any atom is -0.454 e. The number of carbonyl (C=O) groups excluding carboxylic acids is 4. The average molecular weight is 411 g/mol. The van der Waals surface area contributed by atoms with E-state index in [2.05, 4.69) is 10.3 Å². The third kappa shape index (κ3) is 3.58. The van der Waals surface area contributed by atoms with E-state index in [9.17, 15) is 19.2 Å². The molecule has 8 nitrogen and oxygen atoms in total. The van der Waals surface area contributed by atoms with Gasteiger partial charge in [-0.05, 0) is 32.3 Å². The molecule has 1 aliphatic heterocycles. The highest BCUT2D eigenvalue weighted by atomic mass is 16.5. The van der Waals surface area contributed by atoms with Crippen molar-refractivity contribution in [2.24, 2.45) is 0 Å². The van der Waals surface area contributed by atoms with Crippen molar-refractivity contribution >= 4 is 34.6 Å². The number of aromatic nitrogens is 1. The molecule has 2 N–H and O–H groups in total. The van der Waals surface area contributed by atoms with E-state index in [4.69, 9.17) is 4.74 Å². The van der Waals surface area contributed by atoms with E-state index in [1.54, 1.807) is 13.1 Å². The molecule has 1 aromatic heterocycles. The van der Waals surface area contributed by atoms with Gasteiger partial charge in [0, 0.05) is 35.6 Å². The Labute approximate surface area is 173 Å². The van der Waals surface area contributed by atoms with E-state index in [1.807, 2.05) is 24.3 Å². The molecule has 0 bridgehead atoms. The van der Waals surface area contributed by atoms with Crippen LogP contribution in [-0.4, -0.2) is 51.8 Å². The van der Waals surface area contributed by atoms with Crippen molar-refractivity contribution in [1.29, 1.82) is 0 Å². The number of amides is 3. The highest BCUT2D eigenvalue weighted by Gasteiger charge is 2.52. The molecule has 0 radical (unpaired) electrons. The summed E-state index contributed by atoms with van der Waals surface area (Å²) in [5, 5.41) is 3.60. The molecule has 2 aromatic rings. The number of carbonyl (C=O) groups is 4. The number of imide groups is 1. The van der Waals surface area contributed by atoms with Gasteiger partial charge in [-0.1, -0.05) is 31.0 Å². The number of H-pyrrole nitrogens is 1. The van der Waals surface area contributed by atoms with Gasteiger partial charge in [0.1, 0.15) is 5.54 Å². The Kier molecular flexibility index (Phi) is 5.32. The minimum absolute atomic E-state index is 0.0234. The predicted molar refractivity (Wildman–Crippen MR) is 109 cm³/mol. The first-order chi connectivity index (χ1) is 14.4. The van der Waals surface area contributed by atoms with Crippen LogP contribution >= 0.6 is 0 Å². The summed E-state index contributed by atoms with van der Waals surface area (Å²) in [5.41, 5.74) is 0.581. The van der Waals surface area contributed by atoms with Gasteiger partial charge in [-0.25, -0.2) is 4.79 Å². The quantitative estimate of drug-likeness (QED) is 0.414. The van der Waals surface area contributed by atoms with Crippen molar-refractivity contribution in [3.8, 4) is 0 Å². The van der Waals surface area contributed by atoms with E-state index >= 15 is 0 Å². The summed E-state index contributed by atoms with van der Waals surface area (Å²) in [5.74, 6) is -1.00. The molecule has 0 unspecified atom stereocenters. The van der Waals surface area contributed by atoms with Crippen LogP contribution in [0.2, 0.25) is 0 Å². The number of aromatic amines is 1. The van der Waals surface area contributed by atoms with E-state index in [1.165, 1.54) is 4.90 Å². The summed E-state index contributed by atoms with van der Waals surface area (Å²) >= 11 is 0. The Morgan fingerprint density at radius 1 is 1.20 bits per heavy atom. The Hall–Kier alpha value is -3.16. The molecule has 158 valence electrons. The zero-order chi connectivity index (χ0) is 21.3. The Morgan fingerprint density at radius 2 is 1.93 bits per heavy atom. The van der Waals surface area contributed by atoms with Crippen molar-refractivity contribution < 1.29 is 23.9 Å². The summed E-state index contributed by atoms with van der Waals surface area (Å²) in [6, 6.07) is 7.03. The lowest BCUT2D eigenvalue weighted by molar-refractivity contribution is -0.146. The third-order valence-corrected chi connectivity index (χ3v) is 6.00. The molecule has 1 saturated carbocycles. The number of fused-ring (bicyclic) bond motifs is 1. The predicted octanol–water partition coefficient (Wildman–Crippen LogP) is 2.93. The van der Waals surface area contributed by atoms with Crippen LogP contribution in [0.1, 0.15) is 55.8 Å². The number of ketones is 1. The monoisotopic (exact) mass is 411 g/mol. The molecular formula is C22H25N3O5. The van der Waals surface area contributed by atoms with Gasteiger partial charge >= 0.3 is 12.0 Å². The van der Waals surface area contributed by atoms with Crippen LogP contribution in [-0.2, 0) is 14.3 Å². The summed E-state index contributed by atoms with van der Waals surface area (Å²) in [6.07, 6.45) is 4.21. The van der Waals surface area contributed by atoms with Crippen molar-refractivity contribution in [2.75, 3.05) is 6.54 Å². The summed E-state index contributed by atoms with van der Waals surface area (Å²) in [7, 11) is 0. The second-order valence-corrected chi connectivity index (χ2v) is 8.02. The second kappa shape index (κ2) is 7.93. The van der Waals surface area contributed by atoms with Gasteiger partial charge in [0.15, 0.2) is 6.10 Å². The summed E-state index contributed by atoms with van der Waals surface area (Å²) in [6.45, 7) is 1.70. The molecule has 1 aliphatic carbocycles. The highest BCUT2D eigenvalue weighted by Crippen LogP contribution is 2.35. The molecule has 1 saturated heterocycles. The Bertz CT molecular complexity index is 1010. The topological polar surface area (TPSA) is 109 Å². The van der Waals surface area contributed by atoms with Gasteiger partial charge in [0.25, 0.3) is 5.91 Å². The van der Waals surface area contributed by atoms with Gasteiger partial charge in [-0.2, -0.15) is 0 Å². The lowest BCUT2D eigenvalue weighted by atomic mass is 9.98. The first-order valence-electron chi connectivity index (χ1n) is 10.4. The fourth-order valence-electron chi connectivity index (χ4n) is 4.38. The van der Waals surface area contributed by atoms with Crippen LogP contribution < -0.4 is 5.32 Å². The molecule has 30 heavy (non-hydrogen) atoms. The van der Waals surface area contributed by atoms with Gasteiger partial charge in [-0.15, -0.1) is 0 Å². The Balaban J connectivity index is 1.28. The smallest absolute Gasteiger partial charge is 0.325 e. The van der Waals surface area contributed by atoms with E-state index in [0.717, 1.165) is 23.7 Å². The molecule has 4 rings (SSSR count). The lowest BCUT2D eigenvalue weighted by Crippen LogP contribution is -2.44. The lowest BCUT2D eigenvalue weighted by Gasteiger charge is -2.20. The molecular weight excluding hydrogens is 386 g/mol. The number of esters is 1. The minimum atomic E-state index is -0.921. The maximum Gasteiger partial charge on any atom is 0.325 e. The number of hydrogen-bond donors (Lipinski definition) is 2. The standard InChI is InChI=1S/C22H25N3O5/c1-14(19(27)16-13-23-17-8-3-2-7-15(16)17)30-18(26)9-6-12-25-20(28)22(24-21(25)29)10-4-5-11-22/h2-3,7-8,13-14,23H,4-6,9-12H2,1H3,(H,24,29)/t14-/m0/s1. The van der Waals surface area contributed by atoms with Crippen LogP contribution in [0.5, 0.6) is 0 Å². The van der Waals surface area contributed by atoms with E-state index in [0.29, 0.717) is 24.8 Å². The molecule has 2 aliphatic rings. The van der Waals surface area contributed by atoms with Crippen LogP contribution in [0.4, 0.5) is 4.79 Å². The maximum atomic E-state index is 12.7. The number of nitrogens with one attached hydrogen (secondary N) is 2. The number of ether oxygens (including phenoxy) is 1. The van der Waals surface area contributed by atoms with Gasteiger partial charge in [0.05, 0.1) is 0 Å². The first kappa shape index (κ1) is 20.1. The van der Waals surface area contributed by atoms with Gasteiger partial charge in [0.2, 0.25) is 5.78 Å². The zero-order valence-corrected chi connectivity index (χ0v) is 16.9. The molecule has 8 heteroatoms. The number of para-hydroxylation sites is 1. The summed E-state index contributed by atoms with van der Waals surface area (Å²) < 4.78 is 5.29. The summed E-state index contributed by atoms with van der Waals surface area (Å²) in [4.78, 5) is 53.8. The van der Waals surface area contributed by atoms with Crippen LogP contribution in [0.15, 0.2) is 30.5 Å². The van der Waals surface area contributed by atoms with Crippen molar-refractivity contribution in [3.63, 3.8) is 0 Å². The SMILES string of the molecule is C[C@H](OC(=O)CCCN1C(=O)NC2(CCCC2)C1=O)C(=O)c1c[nH]c2ccccc12. The molecule has 2 fully saturated rings. The number of nitrogens with zero attached hydrogens (tertiary/aromatic N) is 1. The Morgan fingerprint density at radius 3 is 2.70 bits per heavy atom. The molecule has 1 atom stereocenters. The van der Waals surface area contributed by atoms with Crippen molar-refractivity contribution in [3.05, 3.63) is 36.0 Å². The molecule has 1 aromatic carbocycles. The van der Waals surface area contributed by atoms with Crippen LogP contribution in [0.25, 0.3) is 10.9 Å². The zero-order valence-electron chi connectivity index (χ0n) is 16.9. The number of hydrogen-bond acceptors (Lipinski definition) is 5. The number of rotatable bonds is 7. The maximum absolute atomic E-state index is 12.7. The normalized spacial score (nSPS) is 18.8. The second-order valence-electron chi connectivity index (χ2n) is 8.02. The third-order valence-electron chi connectivity index (χ3n) is 6.00. The fraction of sp³-hybridized carbons (Fsp3) is 0.455. The van der Waals surface area contributed by atoms with Crippen LogP contribution in [0.3, 0.4) is 0 Å². The van der Waals surface area contributed by atoms with Crippen LogP contribution in [0, 0.1) is 0 Å². The highest BCUT2D eigenvalue weighted by molar-refractivity contribution is 6.10. The molecule has 3 amide bonds. The first-order valence-corrected chi connectivity index (χ1v) is 10.4. The number of Topliss-reactive ketones (excluding diaryl/α,β-unsaturated/α-hetero) is 1. The van der Waals surface area contributed by atoms with Crippen molar-refractivity contribution in [1.82, 2.24) is 15.2 Å². The molecule has 2 heterocycles. The fourth-order valence-corrected chi connectivity index (χ4v) is 4.38. The number of benzene rings is 1.